The average molecular weight is 585 g/mol. The van der Waals surface area contributed by atoms with Crippen molar-refractivity contribution in [2.75, 3.05) is 46.1 Å². The summed E-state index contributed by atoms with van der Waals surface area (Å²) in [4.78, 5) is 4.93. The number of fused-ring (bicyclic) bond motifs is 1. The first-order chi connectivity index (χ1) is 20.4. The van der Waals surface area contributed by atoms with Crippen LogP contribution in [0.1, 0.15) is 27.8 Å². The lowest BCUT2D eigenvalue weighted by molar-refractivity contribution is 0.0810. The van der Waals surface area contributed by atoms with Gasteiger partial charge in [0.25, 0.3) is 0 Å². The number of halogens is 1. The molecule has 0 amide bonds. The van der Waals surface area contributed by atoms with Crippen LogP contribution in [-0.4, -0.2) is 61.0 Å². The van der Waals surface area contributed by atoms with Gasteiger partial charge in [0.1, 0.15) is 18.0 Å². The maximum atomic E-state index is 12.1. The number of piperazine rings is 1. The van der Waals surface area contributed by atoms with Gasteiger partial charge in [-0.15, -0.1) is 0 Å². The van der Waals surface area contributed by atoms with Crippen molar-refractivity contribution in [3.8, 4) is 17.2 Å². The largest absolute Gasteiger partial charge is 0.492 e. The van der Waals surface area contributed by atoms with Gasteiger partial charge in [-0.3, -0.25) is 9.80 Å². The molecule has 0 aliphatic carbocycles. The number of rotatable bonds is 10. The molecule has 7 heteroatoms. The molecule has 0 aromatic heterocycles. The van der Waals surface area contributed by atoms with Gasteiger partial charge in [0.2, 0.25) is 6.79 Å². The Kier molecular flexibility index (Phi) is 8.68. The summed E-state index contributed by atoms with van der Waals surface area (Å²) < 4.78 is 17.1. The molecule has 4 aromatic carbocycles. The molecule has 0 bridgehead atoms. The predicted molar refractivity (Wildman–Crippen MR) is 166 cm³/mol. The van der Waals surface area contributed by atoms with Crippen molar-refractivity contribution in [2.45, 2.75) is 25.5 Å². The number of hydrogen-bond acceptors (Lipinski definition) is 6. The second-order valence-corrected chi connectivity index (χ2v) is 11.6. The molecule has 1 unspecified atom stereocenters. The fraction of sp³-hybridized carbons (Fsp3) is 0.314. The summed E-state index contributed by atoms with van der Waals surface area (Å²) in [6.07, 6.45) is 0.439. The molecule has 2 aliphatic rings. The van der Waals surface area contributed by atoms with Crippen LogP contribution in [0.2, 0.25) is 5.02 Å². The Morgan fingerprint density at radius 2 is 1.38 bits per heavy atom. The summed E-state index contributed by atoms with van der Waals surface area (Å²) in [6.45, 7) is 8.85. The fourth-order valence-corrected chi connectivity index (χ4v) is 5.81. The molecule has 42 heavy (non-hydrogen) atoms. The van der Waals surface area contributed by atoms with Gasteiger partial charge < -0.3 is 19.3 Å². The average Bonchev–Trinajstić information content (AvgIpc) is 3.48. The lowest BCUT2D eigenvalue weighted by Gasteiger charge is -2.34. The van der Waals surface area contributed by atoms with E-state index in [1.54, 1.807) is 0 Å². The molecule has 1 saturated heterocycles. The van der Waals surface area contributed by atoms with Crippen molar-refractivity contribution in [1.82, 2.24) is 9.80 Å². The first kappa shape index (κ1) is 28.6. The van der Waals surface area contributed by atoms with Gasteiger partial charge in [0.05, 0.1) is 0 Å². The molecule has 0 radical (unpaired) electrons. The van der Waals surface area contributed by atoms with E-state index < -0.39 is 5.60 Å². The summed E-state index contributed by atoms with van der Waals surface area (Å²) in [5.41, 5.74) is 3.92. The molecule has 0 saturated carbocycles. The van der Waals surface area contributed by atoms with E-state index in [1.165, 1.54) is 5.56 Å². The van der Waals surface area contributed by atoms with Crippen LogP contribution in [0.5, 0.6) is 17.2 Å². The summed E-state index contributed by atoms with van der Waals surface area (Å²) in [5.74, 6) is 2.48. The topological polar surface area (TPSA) is 54.4 Å². The van der Waals surface area contributed by atoms with Crippen molar-refractivity contribution < 1.29 is 19.3 Å². The Labute approximate surface area is 253 Å². The van der Waals surface area contributed by atoms with Gasteiger partial charge in [-0.2, -0.15) is 0 Å². The van der Waals surface area contributed by atoms with Crippen molar-refractivity contribution >= 4 is 11.6 Å². The van der Waals surface area contributed by atoms with E-state index in [4.69, 9.17) is 25.8 Å². The number of aryl methyl sites for hydroxylation is 1. The van der Waals surface area contributed by atoms with E-state index >= 15 is 0 Å². The lowest BCUT2D eigenvalue weighted by atomic mass is 9.81. The molecule has 4 aromatic rings. The third-order valence-electron chi connectivity index (χ3n) is 8.22. The van der Waals surface area contributed by atoms with E-state index in [0.717, 1.165) is 78.8 Å². The molecule has 6 rings (SSSR count). The second kappa shape index (κ2) is 12.8. The van der Waals surface area contributed by atoms with Crippen molar-refractivity contribution in [2.24, 2.45) is 0 Å². The number of nitrogens with zero attached hydrogens (tertiary/aromatic N) is 2. The predicted octanol–water partition coefficient (Wildman–Crippen LogP) is 6.05. The molecule has 218 valence electrons. The summed E-state index contributed by atoms with van der Waals surface area (Å²) in [7, 11) is 0. The molecular weight excluding hydrogens is 548 g/mol. The Balaban J connectivity index is 1.02. The normalized spacial score (nSPS) is 16.7. The number of benzene rings is 4. The minimum atomic E-state index is -1.18. The molecule has 2 heterocycles. The smallest absolute Gasteiger partial charge is 0.231 e. The molecular formula is C35H37ClN2O4. The van der Waals surface area contributed by atoms with Gasteiger partial charge in [-0.25, -0.2) is 0 Å². The van der Waals surface area contributed by atoms with Gasteiger partial charge in [-0.1, -0.05) is 71.8 Å². The van der Waals surface area contributed by atoms with Crippen LogP contribution in [0, 0.1) is 6.92 Å². The fourth-order valence-electron chi connectivity index (χ4n) is 5.69. The molecule has 2 aliphatic heterocycles. The van der Waals surface area contributed by atoms with E-state index in [-0.39, 0.29) is 0 Å². The summed E-state index contributed by atoms with van der Waals surface area (Å²) >= 11 is 6.11. The van der Waals surface area contributed by atoms with Gasteiger partial charge in [0, 0.05) is 50.7 Å². The molecule has 1 fully saturated rings. The van der Waals surface area contributed by atoms with Gasteiger partial charge >= 0.3 is 0 Å². The zero-order valence-electron chi connectivity index (χ0n) is 24.0. The summed E-state index contributed by atoms with van der Waals surface area (Å²) in [6, 6.07) is 29.8. The SMILES string of the molecule is Cc1ccc(C(O)(Cc2ccc(Cl)cc2)c2ccc(OCCN3CCN(Cc4ccc5c(c4)OCO5)CC3)cc2)cc1. The van der Waals surface area contributed by atoms with Crippen molar-refractivity contribution in [3.05, 3.63) is 124 Å². The molecule has 6 nitrogen and oxygen atoms in total. The van der Waals surface area contributed by atoms with E-state index in [2.05, 4.69) is 28.9 Å². The standard InChI is InChI=1S/C35H37ClN2O4/c1-26-2-7-29(8-3-26)35(39,23-27-4-11-31(36)12-5-27)30-9-13-32(14-10-30)40-21-20-37-16-18-38(19-17-37)24-28-6-15-33-34(22-28)42-25-41-33/h2-15,22,39H,16-21,23-25H2,1H3. The highest BCUT2D eigenvalue weighted by molar-refractivity contribution is 6.30. The second-order valence-electron chi connectivity index (χ2n) is 11.2. The van der Waals surface area contributed by atoms with Crippen LogP contribution in [0.15, 0.2) is 91.0 Å². The van der Waals surface area contributed by atoms with Crippen LogP contribution < -0.4 is 14.2 Å². The monoisotopic (exact) mass is 584 g/mol. The number of ether oxygens (including phenoxy) is 3. The number of hydrogen-bond donors (Lipinski definition) is 1. The van der Waals surface area contributed by atoms with E-state index in [1.807, 2.05) is 78.9 Å². The third-order valence-corrected chi connectivity index (χ3v) is 8.47. The molecule has 0 spiro atoms. The van der Waals surface area contributed by atoms with Crippen LogP contribution >= 0.6 is 11.6 Å². The highest BCUT2D eigenvalue weighted by atomic mass is 35.5. The van der Waals surface area contributed by atoms with Crippen LogP contribution in [0.4, 0.5) is 0 Å². The third kappa shape index (κ3) is 6.74. The zero-order chi connectivity index (χ0) is 28.9. The molecule has 1 atom stereocenters. The quantitative estimate of drug-likeness (QED) is 0.245. The molecule has 1 N–H and O–H groups in total. The highest BCUT2D eigenvalue weighted by Gasteiger charge is 2.32. The first-order valence-electron chi connectivity index (χ1n) is 14.6. The zero-order valence-corrected chi connectivity index (χ0v) is 24.7. The van der Waals surface area contributed by atoms with Crippen LogP contribution in [-0.2, 0) is 18.6 Å². The minimum Gasteiger partial charge on any atom is -0.492 e. The highest BCUT2D eigenvalue weighted by Crippen LogP contribution is 2.35. The Morgan fingerprint density at radius 3 is 2.10 bits per heavy atom. The van der Waals surface area contributed by atoms with Gasteiger partial charge in [-0.05, 0) is 65.6 Å². The van der Waals surface area contributed by atoms with Crippen LogP contribution in [0.25, 0.3) is 0 Å². The minimum absolute atomic E-state index is 0.309. The Morgan fingerprint density at radius 1 is 0.762 bits per heavy atom. The first-order valence-corrected chi connectivity index (χ1v) is 14.9. The van der Waals surface area contributed by atoms with Crippen LogP contribution in [0.3, 0.4) is 0 Å². The van der Waals surface area contributed by atoms with Crippen molar-refractivity contribution in [3.63, 3.8) is 0 Å². The van der Waals surface area contributed by atoms with Gasteiger partial charge in [0.15, 0.2) is 11.5 Å². The maximum absolute atomic E-state index is 12.1. The Bertz CT molecular complexity index is 1470. The van der Waals surface area contributed by atoms with Crippen molar-refractivity contribution in [1.29, 1.82) is 0 Å². The van der Waals surface area contributed by atoms with E-state index in [0.29, 0.717) is 24.8 Å². The summed E-state index contributed by atoms with van der Waals surface area (Å²) in [5, 5.41) is 12.7. The number of aliphatic hydroxyl groups is 1. The lowest BCUT2D eigenvalue weighted by Crippen LogP contribution is -2.47. The maximum Gasteiger partial charge on any atom is 0.231 e. The Hall–Kier alpha value is -3.55. The van der Waals surface area contributed by atoms with E-state index in [9.17, 15) is 5.11 Å².